The van der Waals surface area contributed by atoms with Crippen molar-refractivity contribution >= 4 is 26.7 Å². The quantitative estimate of drug-likeness (QED) is 0.420. The number of hydrogen-bond donors (Lipinski definition) is 2. The zero-order valence-electron chi connectivity index (χ0n) is 16.1. The minimum Gasteiger partial charge on any atom is -0.357 e. The predicted molar refractivity (Wildman–Crippen MR) is 109 cm³/mol. The van der Waals surface area contributed by atoms with Gasteiger partial charge in [-0.2, -0.15) is 0 Å². The molecule has 144 valence electrons. The van der Waals surface area contributed by atoms with E-state index in [1.54, 1.807) is 13.8 Å². The van der Waals surface area contributed by atoms with Gasteiger partial charge in [0.25, 0.3) is 0 Å². The van der Waals surface area contributed by atoms with Gasteiger partial charge >= 0.3 is 0 Å². The summed E-state index contributed by atoms with van der Waals surface area (Å²) in [5, 5.41) is 7.70. The molecule has 0 amide bonds. The normalized spacial score (nSPS) is 13.2. The lowest BCUT2D eigenvalue weighted by molar-refractivity contribution is 0.554. The maximum Gasteiger partial charge on any atom is 0.191 e. The van der Waals surface area contributed by atoms with Gasteiger partial charge in [-0.3, -0.25) is 4.99 Å². The molecule has 0 fully saturated rings. The maximum atomic E-state index is 11.8. The number of benzene rings is 1. The Hall–Kier alpha value is -2.02. The Kier molecular flexibility index (Phi) is 6.69. The number of guanidine groups is 1. The molecule has 6 nitrogen and oxygen atoms in total. The van der Waals surface area contributed by atoms with Crippen molar-refractivity contribution in [1.82, 2.24) is 15.2 Å². The van der Waals surface area contributed by atoms with E-state index in [1.807, 2.05) is 13.0 Å². The monoisotopic (exact) mass is 378 g/mol. The number of hydrogen-bond acceptors (Lipinski definition) is 3. The molecule has 2 aromatic rings. The summed E-state index contributed by atoms with van der Waals surface area (Å²) in [6.45, 7) is 8.02. The number of sulfone groups is 1. The number of aliphatic imine (C=N–C) groups is 1. The van der Waals surface area contributed by atoms with Crippen LogP contribution in [0.2, 0.25) is 0 Å². The van der Waals surface area contributed by atoms with Crippen LogP contribution in [0.1, 0.15) is 27.2 Å². The molecule has 0 aliphatic carbocycles. The number of nitrogens with zero attached hydrogens (tertiary/aromatic N) is 2. The highest BCUT2D eigenvalue weighted by Gasteiger charge is 2.29. The third-order valence-electron chi connectivity index (χ3n) is 4.51. The van der Waals surface area contributed by atoms with Crippen molar-refractivity contribution in [2.45, 2.75) is 38.5 Å². The summed E-state index contributed by atoms with van der Waals surface area (Å²) in [5.74, 6) is 0.654. The molecular weight excluding hydrogens is 348 g/mol. The summed E-state index contributed by atoms with van der Waals surface area (Å²) in [5.41, 5.74) is 1.24. The number of rotatable bonds is 8. The van der Waals surface area contributed by atoms with Crippen LogP contribution in [-0.2, 0) is 16.4 Å². The molecule has 26 heavy (non-hydrogen) atoms. The molecule has 0 radical (unpaired) electrons. The first-order chi connectivity index (χ1) is 12.2. The number of nitrogens with one attached hydrogen (secondary N) is 2. The van der Waals surface area contributed by atoms with Gasteiger partial charge in [0.15, 0.2) is 15.8 Å². The molecule has 0 aliphatic heterocycles. The van der Waals surface area contributed by atoms with Crippen molar-refractivity contribution in [2.75, 3.05) is 25.9 Å². The van der Waals surface area contributed by atoms with Crippen LogP contribution in [0.4, 0.5) is 0 Å². The number of fused-ring (bicyclic) bond motifs is 1. The summed E-state index contributed by atoms with van der Waals surface area (Å²) < 4.78 is 25.0. The topological polar surface area (TPSA) is 75.5 Å². The van der Waals surface area contributed by atoms with Gasteiger partial charge in [-0.25, -0.2) is 8.42 Å². The molecule has 1 aromatic heterocycles. The van der Waals surface area contributed by atoms with Crippen molar-refractivity contribution < 1.29 is 8.42 Å². The second-order valence-corrected chi connectivity index (χ2v) is 9.72. The Morgan fingerprint density at radius 2 is 1.92 bits per heavy atom. The SMILES string of the molecule is CCNC(=NCC(C)(C)S(C)(=O)=O)NCCCn1ccc2ccccc21. The van der Waals surface area contributed by atoms with E-state index in [-0.39, 0.29) is 6.54 Å². The molecule has 1 heterocycles. The van der Waals surface area contributed by atoms with Crippen molar-refractivity contribution in [3.05, 3.63) is 36.5 Å². The molecule has 0 atom stereocenters. The van der Waals surface area contributed by atoms with Crippen molar-refractivity contribution in [3.8, 4) is 0 Å². The van der Waals surface area contributed by atoms with E-state index in [4.69, 9.17) is 0 Å². The molecule has 0 bridgehead atoms. The number of para-hydroxylation sites is 1. The maximum absolute atomic E-state index is 11.8. The average Bonchev–Trinajstić information content (AvgIpc) is 2.98. The zero-order valence-corrected chi connectivity index (χ0v) is 16.9. The van der Waals surface area contributed by atoms with E-state index < -0.39 is 14.6 Å². The largest absolute Gasteiger partial charge is 0.357 e. The number of aryl methyl sites for hydroxylation is 1. The van der Waals surface area contributed by atoms with Gasteiger partial charge < -0.3 is 15.2 Å². The second-order valence-electron chi connectivity index (χ2n) is 7.08. The van der Waals surface area contributed by atoms with Crippen LogP contribution < -0.4 is 10.6 Å². The van der Waals surface area contributed by atoms with E-state index in [9.17, 15) is 8.42 Å². The second kappa shape index (κ2) is 8.58. The van der Waals surface area contributed by atoms with Crippen molar-refractivity contribution in [2.24, 2.45) is 4.99 Å². The minimum atomic E-state index is -3.15. The minimum absolute atomic E-state index is 0.226. The van der Waals surface area contributed by atoms with Crippen LogP contribution in [0, 0.1) is 0 Å². The van der Waals surface area contributed by atoms with Gasteiger partial charge in [0, 0.05) is 37.6 Å². The first-order valence-electron chi connectivity index (χ1n) is 9.00. The molecular formula is C19H30N4O2S. The fourth-order valence-electron chi connectivity index (χ4n) is 2.52. The molecule has 7 heteroatoms. The Balaban J connectivity index is 1.89. The number of aromatic nitrogens is 1. The molecule has 0 spiro atoms. The summed E-state index contributed by atoms with van der Waals surface area (Å²) >= 11 is 0. The Morgan fingerprint density at radius 1 is 1.19 bits per heavy atom. The lowest BCUT2D eigenvalue weighted by Crippen LogP contribution is -2.41. The summed E-state index contributed by atoms with van der Waals surface area (Å²) in [6.07, 6.45) is 4.31. The molecule has 1 aromatic carbocycles. The van der Waals surface area contributed by atoms with Crippen molar-refractivity contribution in [1.29, 1.82) is 0 Å². The van der Waals surface area contributed by atoms with Gasteiger partial charge in [0.2, 0.25) is 0 Å². The van der Waals surface area contributed by atoms with Gasteiger partial charge in [0.05, 0.1) is 11.3 Å². The summed E-state index contributed by atoms with van der Waals surface area (Å²) in [6, 6.07) is 10.5. The molecule has 0 aliphatic rings. The van der Waals surface area contributed by atoms with Crippen LogP contribution >= 0.6 is 0 Å². The van der Waals surface area contributed by atoms with Gasteiger partial charge in [-0.05, 0) is 44.7 Å². The van der Waals surface area contributed by atoms with Gasteiger partial charge in [0.1, 0.15) is 0 Å². The zero-order chi connectivity index (χ0) is 19.2. The molecule has 2 rings (SSSR count). The highest BCUT2D eigenvalue weighted by atomic mass is 32.2. The molecule has 0 saturated heterocycles. The van der Waals surface area contributed by atoms with Crippen LogP contribution in [-0.4, -0.2) is 49.6 Å². The van der Waals surface area contributed by atoms with Gasteiger partial charge in [-0.1, -0.05) is 18.2 Å². The van der Waals surface area contributed by atoms with E-state index in [1.165, 1.54) is 17.2 Å². The van der Waals surface area contributed by atoms with E-state index >= 15 is 0 Å². The molecule has 0 saturated carbocycles. The Labute approximate surface area is 156 Å². The van der Waals surface area contributed by atoms with Crippen LogP contribution in [0.3, 0.4) is 0 Å². The predicted octanol–water partition coefficient (Wildman–Crippen LogP) is 2.41. The highest BCUT2D eigenvalue weighted by Crippen LogP contribution is 2.16. The molecule has 2 N–H and O–H groups in total. The van der Waals surface area contributed by atoms with Crippen LogP contribution in [0.25, 0.3) is 10.9 Å². The first-order valence-corrected chi connectivity index (χ1v) is 10.9. The lowest BCUT2D eigenvalue weighted by atomic mass is 10.2. The first kappa shape index (κ1) is 20.3. The fraction of sp³-hybridized carbons (Fsp3) is 0.526. The molecule has 0 unspecified atom stereocenters. The highest BCUT2D eigenvalue weighted by molar-refractivity contribution is 7.92. The van der Waals surface area contributed by atoms with Crippen molar-refractivity contribution in [3.63, 3.8) is 0 Å². The van der Waals surface area contributed by atoms with Crippen LogP contribution in [0.5, 0.6) is 0 Å². The van der Waals surface area contributed by atoms with Crippen LogP contribution in [0.15, 0.2) is 41.5 Å². The standard InChI is InChI=1S/C19H30N4O2S/c1-5-20-18(22-15-19(2,3)26(4,24)25)21-12-8-13-23-14-11-16-9-6-7-10-17(16)23/h6-7,9-11,14H,5,8,12-13,15H2,1-4H3,(H2,20,21,22). The average molecular weight is 379 g/mol. The fourth-order valence-corrected chi connectivity index (χ4v) is 2.82. The van der Waals surface area contributed by atoms with E-state index in [0.717, 1.165) is 26.1 Å². The summed E-state index contributed by atoms with van der Waals surface area (Å²) in [7, 11) is -3.15. The van der Waals surface area contributed by atoms with E-state index in [0.29, 0.717) is 5.96 Å². The third-order valence-corrected chi connectivity index (χ3v) is 6.65. The third kappa shape index (κ3) is 5.24. The van der Waals surface area contributed by atoms with Gasteiger partial charge in [-0.15, -0.1) is 0 Å². The Bertz CT molecular complexity index is 853. The van der Waals surface area contributed by atoms with E-state index in [2.05, 4.69) is 50.7 Å². The Morgan fingerprint density at radius 3 is 2.62 bits per heavy atom. The lowest BCUT2D eigenvalue weighted by Gasteiger charge is -2.21. The summed E-state index contributed by atoms with van der Waals surface area (Å²) in [4.78, 5) is 4.44. The smallest absolute Gasteiger partial charge is 0.191 e.